The number of hydrogen-bond acceptors (Lipinski definition) is 3. The molecule has 18 heavy (non-hydrogen) atoms. The van der Waals surface area contributed by atoms with Gasteiger partial charge in [-0.1, -0.05) is 29.8 Å². The molecule has 3 nitrogen and oxygen atoms in total. The summed E-state index contributed by atoms with van der Waals surface area (Å²) < 4.78 is 0. The summed E-state index contributed by atoms with van der Waals surface area (Å²) in [6.45, 7) is 5.81. The van der Waals surface area contributed by atoms with Crippen molar-refractivity contribution in [1.82, 2.24) is 4.90 Å². The Balaban J connectivity index is 2.95. The van der Waals surface area contributed by atoms with Crippen LogP contribution in [-0.4, -0.2) is 35.7 Å². The van der Waals surface area contributed by atoms with Crippen molar-refractivity contribution < 1.29 is 5.11 Å². The Hall–Kier alpha value is -0.610. The molecule has 4 heteroatoms. The number of benzene rings is 1. The minimum atomic E-state index is 0.102. The van der Waals surface area contributed by atoms with Crippen molar-refractivity contribution in [2.24, 2.45) is 5.73 Å². The highest BCUT2D eigenvalue weighted by Crippen LogP contribution is 2.28. The van der Waals surface area contributed by atoms with Crippen molar-refractivity contribution in [3.63, 3.8) is 0 Å². The van der Waals surface area contributed by atoms with Crippen LogP contribution in [0, 0.1) is 0 Å². The highest BCUT2D eigenvalue weighted by Gasteiger charge is 2.22. The van der Waals surface area contributed by atoms with E-state index in [1.807, 2.05) is 24.3 Å². The summed E-state index contributed by atoms with van der Waals surface area (Å²) in [4.78, 5) is 2.29. The highest BCUT2D eigenvalue weighted by atomic mass is 35.5. The van der Waals surface area contributed by atoms with Gasteiger partial charge in [0.2, 0.25) is 0 Å². The molecule has 0 aliphatic carbocycles. The van der Waals surface area contributed by atoms with Crippen molar-refractivity contribution in [3.8, 4) is 0 Å². The monoisotopic (exact) mass is 270 g/mol. The van der Waals surface area contributed by atoms with E-state index in [2.05, 4.69) is 18.7 Å². The van der Waals surface area contributed by atoms with Crippen LogP contribution in [0.15, 0.2) is 24.3 Å². The molecule has 0 aliphatic rings. The maximum absolute atomic E-state index is 8.99. The first-order valence-corrected chi connectivity index (χ1v) is 6.80. The van der Waals surface area contributed by atoms with E-state index in [1.54, 1.807) is 0 Å². The first-order chi connectivity index (χ1) is 8.61. The Labute approximate surface area is 115 Å². The fraction of sp³-hybridized carbons (Fsp3) is 0.571. The molecule has 1 unspecified atom stereocenters. The van der Waals surface area contributed by atoms with Crippen molar-refractivity contribution in [3.05, 3.63) is 34.9 Å². The second-order valence-electron chi connectivity index (χ2n) is 4.68. The van der Waals surface area contributed by atoms with Crippen LogP contribution in [0.5, 0.6) is 0 Å². The van der Waals surface area contributed by atoms with Gasteiger partial charge in [-0.15, -0.1) is 0 Å². The molecule has 1 aromatic rings. The largest absolute Gasteiger partial charge is 0.396 e. The van der Waals surface area contributed by atoms with Crippen LogP contribution < -0.4 is 5.73 Å². The van der Waals surface area contributed by atoms with Crippen molar-refractivity contribution in [2.75, 3.05) is 19.7 Å². The zero-order valence-electron chi connectivity index (χ0n) is 11.1. The van der Waals surface area contributed by atoms with Crippen LogP contribution in [0.2, 0.25) is 5.02 Å². The van der Waals surface area contributed by atoms with E-state index in [0.717, 1.165) is 23.6 Å². The number of rotatable bonds is 7. The lowest BCUT2D eigenvalue weighted by molar-refractivity contribution is 0.141. The fourth-order valence-corrected chi connectivity index (χ4v) is 2.48. The second-order valence-corrected chi connectivity index (χ2v) is 5.09. The van der Waals surface area contributed by atoms with Crippen LogP contribution in [0.25, 0.3) is 0 Å². The molecule has 1 rings (SSSR count). The number of aliphatic hydroxyl groups is 1. The summed E-state index contributed by atoms with van der Waals surface area (Å²) in [6, 6.07) is 8.28. The van der Waals surface area contributed by atoms with Gasteiger partial charge >= 0.3 is 0 Å². The molecule has 0 bridgehead atoms. The van der Waals surface area contributed by atoms with E-state index in [9.17, 15) is 0 Å². The summed E-state index contributed by atoms with van der Waals surface area (Å²) in [7, 11) is 0. The third kappa shape index (κ3) is 3.95. The predicted octanol–water partition coefficient (Wildman–Crippen LogP) is 2.43. The highest BCUT2D eigenvalue weighted by molar-refractivity contribution is 6.31. The average molecular weight is 271 g/mol. The van der Waals surface area contributed by atoms with E-state index in [-0.39, 0.29) is 12.6 Å². The van der Waals surface area contributed by atoms with Gasteiger partial charge in [0.15, 0.2) is 0 Å². The van der Waals surface area contributed by atoms with Crippen LogP contribution in [0.3, 0.4) is 0 Å². The zero-order chi connectivity index (χ0) is 13.5. The van der Waals surface area contributed by atoms with Gasteiger partial charge in [0.25, 0.3) is 0 Å². The van der Waals surface area contributed by atoms with Crippen molar-refractivity contribution in [1.29, 1.82) is 0 Å². The van der Waals surface area contributed by atoms with Crippen LogP contribution >= 0.6 is 11.6 Å². The molecule has 0 saturated carbocycles. The summed E-state index contributed by atoms with van der Waals surface area (Å²) >= 11 is 6.25. The summed E-state index contributed by atoms with van der Waals surface area (Å²) in [6.07, 6.45) is 0.749. The van der Waals surface area contributed by atoms with E-state index in [4.69, 9.17) is 22.4 Å². The zero-order valence-corrected chi connectivity index (χ0v) is 11.9. The molecule has 0 radical (unpaired) electrons. The van der Waals surface area contributed by atoms with Gasteiger partial charge < -0.3 is 10.8 Å². The molecule has 0 heterocycles. The Kier molecular flexibility index (Phi) is 6.65. The summed E-state index contributed by atoms with van der Waals surface area (Å²) in [5.74, 6) is 0. The van der Waals surface area contributed by atoms with Gasteiger partial charge in [-0.25, -0.2) is 0 Å². The van der Waals surface area contributed by atoms with Crippen LogP contribution in [-0.2, 0) is 0 Å². The fourth-order valence-electron chi connectivity index (χ4n) is 2.21. The number of aliphatic hydroxyl groups excluding tert-OH is 1. The molecule has 1 aromatic carbocycles. The van der Waals surface area contributed by atoms with Gasteiger partial charge in [-0.05, 0) is 31.9 Å². The minimum Gasteiger partial charge on any atom is -0.396 e. The third-order valence-corrected chi connectivity index (χ3v) is 3.47. The summed E-state index contributed by atoms with van der Waals surface area (Å²) in [5.41, 5.74) is 6.98. The molecule has 0 amide bonds. The normalized spacial score (nSPS) is 13.3. The Morgan fingerprint density at radius 3 is 2.50 bits per heavy atom. The lowest BCUT2D eigenvalue weighted by atomic mass is 10.0. The van der Waals surface area contributed by atoms with Crippen molar-refractivity contribution in [2.45, 2.75) is 32.4 Å². The molecule has 0 saturated heterocycles. The minimum absolute atomic E-state index is 0.102. The van der Waals surface area contributed by atoms with E-state index in [0.29, 0.717) is 12.6 Å². The van der Waals surface area contributed by atoms with Gasteiger partial charge in [-0.3, -0.25) is 4.90 Å². The van der Waals surface area contributed by atoms with Crippen LogP contribution in [0.1, 0.15) is 31.9 Å². The average Bonchev–Trinajstić information content (AvgIpc) is 2.35. The molecular weight excluding hydrogens is 248 g/mol. The lowest BCUT2D eigenvalue weighted by Gasteiger charge is -2.35. The van der Waals surface area contributed by atoms with Crippen LogP contribution in [0.4, 0.5) is 0 Å². The van der Waals surface area contributed by atoms with E-state index in [1.165, 1.54) is 0 Å². The maximum Gasteiger partial charge on any atom is 0.0487 e. The van der Waals surface area contributed by atoms with E-state index < -0.39 is 0 Å². The summed E-state index contributed by atoms with van der Waals surface area (Å²) in [5, 5.41) is 9.74. The molecule has 0 aromatic heterocycles. The number of nitrogens with zero attached hydrogens (tertiary/aromatic N) is 1. The molecule has 1 atom stereocenters. The number of hydrogen-bond donors (Lipinski definition) is 2. The van der Waals surface area contributed by atoms with Gasteiger partial charge in [0, 0.05) is 36.8 Å². The molecular formula is C14H23ClN2O. The van der Waals surface area contributed by atoms with Gasteiger partial charge in [-0.2, -0.15) is 0 Å². The Bertz CT molecular complexity index is 357. The first kappa shape index (κ1) is 15.4. The molecule has 3 N–H and O–H groups in total. The van der Waals surface area contributed by atoms with Gasteiger partial charge in [0.05, 0.1) is 0 Å². The number of halogens is 1. The smallest absolute Gasteiger partial charge is 0.0487 e. The molecule has 0 spiro atoms. The predicted molar refractivity (Wildman–Crippen MR) is 76.8 cm³/mol. The van der Waals surface area contributed by atoms with Crippen molar-refractivity contribution >= 4 is 11.6 Å². The maximum atomic E-state index is 8.99. The first-order valence-electron chi connectivity index (χ1n) is 6.43. The molecule has 0 fully saturated rings. The third-order valence-electron chi connectivity index (χ3n) is 3.13. The lowest BCUT2D eigenvalue weighted by Crippen LogP contribution is -2.39. The quantitative estimate of drug-likeness (QED) is 0.800. The Morgan fingerprint density at radius 1 is 1.33 bits per heavy atom. The SMILES string of the molecule is CC(C)N(CCCO)C(CN)c1ccccc1Cl. The standard InChI is InChI=1S/C14H23ClN2O/c1-11(2)17(8-5-9-18)14(10-16)12-6-3-4-7-13(12)15/h3-4,6-7,11,14,18H,5,8-10,16H2,1-2H3. The molecule has 0 aliphatic heterocycles. The van der Waals surface area contributed by atoms with E-state index >= 15 is 0 Å². The number of nitrogens with two attached hydrogens (primary N) is 1. The Morgan fingerprint density at radius 2 is 2.00 bits per heavy atom. The topological polar surface area (TPSA) is 49.5 Å². The van der Waals surface area contributed by atoms with Gasteiger partial charge in [0.1, 0.15) is 0 Å². The second kappa shape index (κ2) is 7.74. The molecule has 102 valence electrons.